The molecule has 4 heteroatoms. The van der Waals surface area contributed by atoms with Gasteiger partial charge in [0.25, 0.3) is 0 Å². The van der Waals surface area contributed by atoms with Crippen molar-refractivity contribution < 1.29 is 0 Å². The maximum absolute atomic E-state index is 8.84. The summed E-state index contributed by atoms with van der Waals surface area (Å²) >= 11 is 6.24. The van der Waals surface area contributed by atoms with Gasteiger partial charge < -0.3 is 10.6 Å². The Kier molecular flexibility index (Phi) is 4.11. The van der Waals surface area contributed by atoms with E-state index in [1.807, 2.05) is 12.1 Å². The standard InChI is InChI=1S/C14H18ClN3/c1-10-4-5-18(9-12(10)8-17)14-3-2-11(7-16)6-13(14)15/h2-3,6,10,12H,4-5,8-9,17H2,1H3. The molecule has 1 heterocycles. The van der Waals surface area contributed by atoms with Crippen LogP contribution in [0.5, 0.6) is 0 Å². The topological polar surface area (TPSA) is 53.0 Å². The van der Waals surface area contributed by atoms with Crippen LogP contribution >= 0.6 is 11.6 Å². The van der Waals surface area contributed by atoms with Crippen LogP contribution in [-0.4, -0.2) is 19.6 Å². The number of halogens is 1. The van der Waals surface area contributed by atoms with Crippen LogP contribution in [0, 0.1) is 23.2 Å². The van der Waals surface area contributed by atoms with E-state index in [4.69, 9.17) is 22.6 Å². The number of hydrogen-bond donors (Lipinski definition) is 1. The molecule has 1 fully saturated rings. The molecule has 18 heavy (non-hydrogen) atoms. The van der Waals surface area contributed by atoms with Crippen LogP contribution in [0.2, 0.25) is 5.02 Å². The van der Waals surface area contributed by atoms with E-state index in [0.29, 0.717) is 29.0 Å². The maximum atomic E-state index is 8.84. The van der Waals surface area contributed by atoms with Gasteiger partial charge in [-0.2, -0.15) is 5.26 Å². The van der Waals surface area contributed by atoms with E-state index in [1.54, 1.807) is 6.07 Å². The molecule has 1 aromatic rings. The van der Waals surface area contributed by atoms with Crippen molar-refractivity contribution in [1.82, 2.24) is 0 Å². The van der Waals surface area contributed by atoms with E-state index in [-0.39, 0.29) is 0 Å². The van der Waals surface area contributed by atoms with Crippen molar-refractivity contribution >= 4 is 17.3 Å². The second-order valence-electron chi connectivity index (χ2n) is 4.99. The number of benzene rings is 1. The SMILES string of the molecule is CC1CCN(c2ccc(C#N)cc2Cl)CC1CN. The van der Waals surface area contributed by atoms with Crippen molar-refractivity contribution in [3.05, 3.63) is 28.8 Å². The summed E-state index contributed by atoms with van der Waals surface area (Å²) in [4.78, 5) is 2.28. The molecule has 1 aliphatic rings. The van der Waals surface area contributed by atoms with Crippen LogP contribution in [0.1, 0.15) is 18.9 Å². The van der Waals surface area contributed by atoms with Gasteiger partial charge in [-0.15, -0.1) is 0 Å². The zero-order chi connectivity index (χ0) is 13.1. The second-order valence-corrected chi connectivity index (χ2v) is 5.39. The molecule has 0 spiro atoms. The summed E-state index contributed by atoms with van der Waals surface area (Å²) in [6.45, 7) is 4.92. The molecule has 0 saturated carbocycles. The third kappa shape index (κ3) is 2.60. The van der Waals surface area contributed by atoms with Crippen molar-refractivity contribution in [1.29, 1.82) is 5.26 Å². The zero-order valence-electron chi connectivity index (χ0n) is 10.6. The Balaban J connectivity index is 2.20. The van der Waals surface area contributed by atoms with Crippen molar-refractivity contribution in [2.45, 2.75) is 13.3 Å². The Hall–Kier alpha value is -1.24. The van der Waals surface area contributed by atoms with Gasteiger partial charge in [0.2, 0.25) is 0 Å². The zero-order valence-corrected chi connectivity index (χ0v) is 11.3. The molecule has 1 aliphatic heterocycles. The first-order valence-electron chi connectivity index (χ1n) is 6.30. The summed E-state index contributed by atoms with van der Waals surface area (Å²) in [5.74, 6) is 1.19. The summed E-state index contributed by atoms with van der Waals surface area (Å²) < 4.78 is 0. The third-order valence-corrected chi connectivity index (χ3v) is 4.14. The van der Waals surface area contributed by atoms with Gasteiger partial charge >= 0.3 is 0 Å². The molecule has 2 N–H and O–H groups in total. The average Bonchev–Trinajstić information content (AvgIpc) is 2.39. The number of nitriles is 1. The summed E-state index contributed by atoms with van der Waals surface area (Å²) in [5, 5.41) is 9.49. The molecule has 0 aliphatic carbocycles. The molecular formula is C14H18ClN3. The van der Waals surface area contributed by atoms with Crippen molar-refractivity contribution in [3.63, 3.8) is 0 Å². The maximum Gasteiger partial charge on any atom is 0.0992 e. The molecule has 1 aromatic carbocycles. The minimum atomic E-state index is 0.519. The van der Waals surface area contributed by atoms with Gasteiger partial charge in [-0.05, 0) is 43.0 Å². The molecule has 3 nitrogen and oxygen atoms in total. The molecule has 0 radical (unpaired) electrons. The highest BCUT2D eigenvalue weighted by Gasteiger charge is 2.26. The highest BCUT2D eigenvalue weighted by Crippen LogP contribution is 2.32. The number of rotatable bonds is 2. The van der Waals surface area contributed by atoms with Crippen LogP contribution in [0.15, 0.2) is 18.2 Å². The Bertz CT molecular complexity index is 467. The molecule has 96 valence electrons. The Morgan fingerprint density at radius 1 is 1.56 bits per heavy atom. The molecule has 2 rings (SSSR count). The smallest absolute Gasteiger partial charge is 0.0992 e. The highest BCUT2D eigenvalue weighted by molar-refractivity contribution is 6.33. The first-order chi connectivity index (χ1) is 8.65. The van der Waals surface area contributed by atoms with Crippen LogP contribution in [0.4, 0.5) is 5.69 Å². The fourth-order valence-corrected chi connectivity index (χ4v) is 2.81. The molecule has 0 bridgehead atoms. The Morgan fingerprint density at radius 2 is 2.33 bits per heavy atom. The monoisotopic (exact) mass is 263 g/mol. The number of nitrogens with zero attached hydrogens (tertiary/aromatic N) is 2. The first-order valence-corrected chi connectivity index (χ1v) is 6.68. The second kappa shape index (κ2) is 5.60. The minimum absolute atomic E-state index is 0.519. The van der Waals surface area contributed by atoms with Gasteiger partial charge in [0, 0.05) is 13.1 Å². The Labute approximate surface area is 113 Å². The summed E-state index contributed by atoms with van der Waals surface area (Å²) in [6.07, 6.45) is 1.14. The fourth-order valence-electron chi connectivity index (χ4n) is 2.51. The summed E-state index contributed by atoms with van der Waals surface area (Å²) in [7, 11) is 0. The lowest BCUT2D eigenvalue weighted by molar-refractivity contribution is 0.308. The van der Waals surface area contributed by atoms with E-state index >= 15 is 0 Å². The van der Waals surface area contributed by atoms with E-state index in [9.17, 15) is 0 Å². The number of nitrogens with two attached hydrogens (primary N) is 1. The molecule has 1 saturated heterocycles. The lowest BCUT2D eigenvalue weighted by Gasteiger charge is -2.38. The van der Waals surface area contributed by atoms with Crippen LogP contribution in [0.25, 0.3) is 0 Å². The molecule has 0 aromatic heterocycles. The van der Waals surface area contributed by atoms with Gasteiger partial charge in [0.15, 0.2) is 0 Å². The van der Waals surface area contributed by atoms with Gasteiger partial charge in [0.1, 0.15) is 0 Å². The van der Waals surface area contributed by atoms with Crippen molar-refractivity contribution in [3.8, 4) is 6.07 Å². The van der Waals surface area contributed by atoms with E-state index < -0.39 is 0 Å². The van der Waals surface area contributed by atoms with Gasteiger partial charge in [-0.3, -0.25) is 0 Å². The van der Waals surface area contributed by atoms with Gasteiger partial charge in [-0.25, -0.2) is 0 Å². The normalized spacial score (nSPS) is 23.8. The largest absolute Gasteiger partial charge is 0.370 e. The lowest BCUT2D eigenvalue weighted by Crippen LogP contribution is -2.42. The fraction of sp³-hybridized carbons (Fsp3) is 0.500. The van der Waals surface area contributed by atoms with Gasteiger partial charge in [-0.1, -0.05) is 18.5 Å². The minimum Gasteiger partial charge on any atom is -0.370 e. The van der Waals surface area contributed by atoms with Crippen molar-refractivity contribution in [2.24, 2.45) is 17.6 Å². The van der Waals surface area contributed by atoms with Crippen LogP contribution in [0.3, 0.4) is 0 Å². The highest BCUT2D eigenvalue weighted by atomic mass is 35.5. The van der Waals surface area contributed by atoms with Crippen LogP contribution in [-0.2, 0) is 0 Å². The third-order valence-electron chi connectivity index (χ3n) is 3.83. The van der Waals surface area contributed by atoms with E-state index in [0.717, 1.165) is 25.2 Å². The molecule has 2 unspecified atom stereocenters. The molecule has 2 atom stereocenters. The van der Waals surface area contributed by atoms with Crippen LogP contribution < -0.4 is 10.6 Å². The quantitative estimate of drug-likeness (QED) is 0.892. The summed E-state index contributed by atoms with van der Waals surface area (Å²) in [6, 6.07) is 7.58. The predicted molar refractivity (Wildman–Crippen MR) is 74.7 cm³/mol. The van der Waals surface area contributed by atoms with Crippen molar-refractivity contribution in [2.75, 3.05) is 24.5 Å². The average molecular weight is 264 g/mol. The number of anilines is 1. The first kappa shape index (κ1) is 13.2. The Morgan fingerprint density at radius 3 is 2.94 bits per heavy atom. The van der Waals surface area contributed by atoms with E-state index in [1.165, 1.54) is 0 Å². The van der Waals surface area contributed by atoms with Gasteiger partial charge in [0.05, 0.1) is 22.3 Å². The number of hydrogen-bond acceptors (Lipinski definition) is 3. The molecule has 0 amide bonds. The molecular weight excluding hydrogens is 246 g/mol. The summed E-state index contributed by atoms with van der Waals surface area (Å²) in [5.41, 5.74) is 7.43. The predicted octanol–water partition coefficient (Wildman–Crippen LogP) is 2.63. The number of piperidine rings is 1. The lowest BCUT2D eigenvalue weighted by atomic mass is 9.87. The van der Waals surface area contributed by atoms with E-state index in [2.05, 4.69) is 17.9 Å².